The van der Waals surface area contributed by atoms with Gasteiger partial charge in [0.05, 0.1) is 23.0 Å². The molecule has 3 aromatic rings. The van der Waals surface area contributed by atoms with E-state index in [2.05, 4.69) is 5.10 Å². The van der Waals surface area contributed by atoms with Crippen LogP contribution < -0.4 is 4.74 Å². The van der Waals surface area contributed by atoms with Crippen LogP contribution in [0, 0.1) is 6.92 Å². The van der Waals surface area contributed by atoms with Gasteiger partial charge in [-0.15, -0.1) is 0 Å². The van der Waals surface area contributed by atoms with Crippen LogP contribution in [-0.2, 0) is 4.79 Å². The normalized spacial score (nSPS) is 10.5. The predicted octanol–water partition coefficient (Wildman–Crippen LogP) is 3.53. The van der Waals surface area contributed by atoms with Gasteiger partial charge in [0, 0.05) is 11.2 Å². The summed E-state index contributed by atoms with van der Waals surface area (Å²) in [6.07, 6.45) is 3.07. The molecule has 132 valence electrons. The third-order valence-electron chi connectivity index (χ3n) is 3.80. The summed E-state index contributed by atoms with van der Waals surface area (Å²) < 4.78 is 6.85. The van der Waals surface area contributed by atoms with Crippen LogP contribution in [0.15, 0.2) is 54.9 Å². The second-order valence-corrected chi connectivity index (χ2v) is 5.97. The number of rotatable bonds is 6. The maximum absolute atomic E-state index is 13.0. The van der Waals surface area contributed by atoms with E-state index in [0.29, 0.717) is 16.1 Å². The first-order valence-electron chi connectivity index (χ1n) is 7.76. The quantitative estimate of drug-likeness (QED) is 0.671. The zero-order valence-electron chi connectivity index (χ0n) is 13.8. The van der Waals surface area contributed by atoms with E-state index in [-0.39, 0.29) is 17.1 Å². The standard InChI is InChI=1S/C19H15ClN2O4/c1-12-15(20)7-8-16(26-11-17(23)24)18(12)19(25)13-9-21-22(10-13)14-5-3-2-4-6-14/h2-10H,11H2,1H3,(H,23,24). The molecule has 1 aromatic heterocycles. The topological polar surface area (TPSA) is 81.4 Å². The number of carbonyl (C=O) groups excluding carboxylic acids is 1. The highest BCUT2D eigenvalue weighted by Gasteiger charge is 2.21. The molecule has 0 aliphatic rings. The van der Waals surface area contributed by atoms with Crippen LogP contribution in [0.4, 0.5) is 0 Å². The maximum atomic E-state index is 13.0. The van der Waals surface area contributed by atoms with Gasteiger partial charge in [-0.2, -0.15) is 5.10 Å². The van der Waals surface area contributed by atoms with Crippen molar-refractivity contribution in [2.24, 2.45) is 0 Å². The van der Waals surface area contributed by atoms with Gasteiger partial charge >= 0.3 is 5.97 Å². The minimum atomic E-state index is -1.13. The highest BCUT2D eigenvalue weighted by molar-refractivity contribution is 6.32. The molecule has 0 fully saturated rings. The lowest BCUT2D eigenvalue weighted by molar-refractivity contribution is -0.139. The van der Waals surface area contributed by atoms with E-state index >= 15 is 0 Å². The number of ketones is 1. The number of nitrogens with zero attached hydrogens (tertiary/aromatic N) is 2. The Morgan fingerprint density at radius 2 is 1.92 bits per heavy atom. The van der Waals surface area contributed by atoms with Crippen molar-refractivity contribution in [3.05, 3.63) is 76.6 Å². The first-order valence-corrected chi connectivity index (χ1v) is 8.13. The van der Waals surface area contributed by atoms with E-state index in [4.69, 9.17) is 21.4 Å². The Hall–Kier alpha value is -3.12. The Morgan fingerprint density at radius 3 is 2.62 bits per heavy atom. The van der Waals surface area contributed by atoms with Crippen LogP contribution in [0.5, 0.6) is 5.75 Å². The Morgan fingerprint density at radius 1 is 1.19 bits per heavy atom. The highest BCUT2D eigenvalue weighted by Crippen LogP contribution is 2.30. The van der Waals surface area contributed by atoms with Gasteiger partial charge in [0.15, 0.2) is 12.4 Å². The number of carboxylic acid groups (broad SMARTS) is 1. The summed E-state index contributed by atoms with van der Waals surface area (Å²) in [5.74, 6) is -1.30. The minimum Gasteiger partial charge on any atom is -0.481 e. The van der Waals surface area contributed by atoms with Gasteiger partial charge in [-0.1, -0.05) is 29.8 Å². The number of benzene rings is 2. The number of carbonyl (C=O) groups is 2. The molecule has 0 spiro atoms. The monoisotopic (exact) mass is 370 g/mol. The van der Waals surface area contributed by atoms with Crippen molar-refractivity contribution in [2.45, 2.75) is 6.92 Å². The van der Waals surface area contributed by atoms with Crippen molar-refractivity contribution in [1.29, 1.82) is 0 Å². The van der Waals surface area contributed by atoms with Gasteiger partial charge in [0.1, 0.15) is 5.75 Å². The number of aromatic nitrogens is 2. The molecule has 0 aliphatic carbocycles. The number of halogens is 1. The van der Waals surface area contributed by atoms with E-state index in [1.54, 1.807) is 23.9 Å². The fraction of sp³-hybridized carbons (Fsp3) is 0.105. The molecule has 3 rings (SSSR count). The van der Waals surface area contributed by atoms with Crippen LogP contribution >= 0.6 is 11.6 Å². The highest BCUT2D eigenvalue weighted by atomic mass is 35.5. The van der Waals surface area contributed by atoms with Gasteiger partial charge in [-0.3, -0.25) is 4.79 Å². The summed E-state index contributed by atoms with van der Waals surface area (Å²) in [5.41, 5.74) is 1.91. The molecule has 6 nitrogen and oxygen atoms in total. The molecule has 0 aliphatic heterocycles. The van der Waals surface area contributed by atoms with E-state index in [9.17, 15) is 9.59 Å². The van der Waals surface area contributed by atoms with Crippen LogP contribution in [0.3, 0.4) is 0 Å². The number of ether oxygens (including phenoxy) is 1. The maximum Gasteiger partial charge on any atom is 0.341 e. The van der Waals surface area contributed by atoms with Gasteiger partial charge in [-0.05, 0) is 36.8 Å². The van der Waals surface area contributed by atoms with Gasteiger partial charge < -0.3 is 9.84 Å². The van der Waals surface area contributed by atoms with Crippen molar-refractivity contribution in [3.8, 4) is 11.4 Å². The molecular weight excluding hydrogens is 356 g/mol. The lowest BCUT2D eigenvalue weighted by Gasteiger charge is -2.12. The summed E-state index contributed by atoms with van der Waals surface area (Å²) in [6.45, 7) is 1.13. The van der Waals surface area contributed by atoms with Crippen molar-refractivity contribution in [2.75, 3.05) is 6.61 Å². The van der Waals surface area contributed by atoms with Crippen molar-refractivity contribution in [3.63, 3.8) is 0 Å². The molecule has 0 unspecified atom stereocenters. The van der Waals surface area contributed by atoms with Gasteiger partial charge in [-0.25, -0.2) is 9.48 Å². The van der Waals surface area contributed by atoms with Crippen LogP contribution in [-0.4, -0.2) is 33.2 Å². The Labute approximate surface area is 154 Å². The predicted molar refractivity (Wildman–Crippen MR) is 96.3 cm³/mol. The molecule has 2 aromatic carbocycles. The first kappa shape index (κ1) is 17.7. The molecule has 0 atom stereocenters. The number of hydrogen-bond acceptors (Lipinski definition) is 4. The van der Waals surface area contributed by atoms with E-state index in [1.165, 1.54) is 12.3 Å². The van der Waals surface area contributed by atoms with E-state index < -0.39 is 12.6 Å². The lowest BCUT2D eigenvalue weighted by atomic mass is 10.00. The third-order valence-corrected chi connectivity index (χ3v) is 4.21. The molecule has 0 saturated carbocycles. The van der Waals surface area contributed by atoms with E-state index in [1.807, 2.05) is 30.3 Å². The Balaban J connectivity index is 1.98. The van der Waals surface area contributed by atoms with Gasteiger partial charge in [0.2, 0.25) is 0 Å². The van der Waals surface area contributed by atoms with Crippen molar-refractivity contribution >= 4 is 23.4 Å². The molecule has 1 heterocycles. The fourth-order valence-electron chi connectivity index (χ4n) is 2.51. The molecule has 1 N–H and O–H groups in total. The van der Waals surface area contributed by atoms with Crippen molar-refractivity contribution in [1.82, 2.24) is 9.78 Å². The molecule has 26 heavy (non-hydrogen) atoms. The Bertz CT molecular complexity index is 967. The summed E-state index contributed by atoms with van der Waals surface area (Å²) in [4.78, 5) is 23.8. The average Bonchev–Trinajstić information content (AvgIpc) is 3.13. The largest absolute Gasteiger partial charge is 0.481 e. The summed E-state index contributed by atoms with van der Waals surface area (Å²) in [7, 11) is 0. The number of hydrogen-bond donors (Lipinski definition) is 1. The second-order valence-electron chi connectivity index (χ2n) is 5.57. The van der Waals surface area contributed by atoms with Crippen LogP contribution in [0.25, 0.3) is 5.69 Å². The van der Waals surface area contributed by atoms with Gasteiger partial charge in [0.25, 0.3) is 0 Å². The zero-order valence-corrected chi connectivity index (χ0v) is 14.6. The Kier molecular flexibility index (Phi) is 5.04. The number of aliphatic carboxylic acids is 1. The minimum absolute atomic E-state index is 0.173. The molecule has 7 heteroatoms. The lowest BCUT2D eigenvalue weighted by Crippen LogP contribution is -2.13. The molecular formula is C19H15ClN2O4. The molecule has 0 amide bonds. The second kappa shape index (κ2) is 7.41. The third kappa shape index (κ3) is 3.60. The smallest absolute Gasteiger partial charge is 0.341 e. The van der Waals surface area contributed by atoms with E-state index in [0.717, 1.165) is 5.69 Å². The van der Waals surface area contributed by atoms with Crippen LogP contribution in [0.1, 0.15) is 21.5 Å². The average molecular weight is 371 g/mol. The zero-order chi connectivity index (χ0) is 18.7. The number of para-hydroxylation sites is 1. The van der Waals surface area contributed by atoms with Crippen molar-refractivity contribution < 1.29 is 19.4 Å². The molecule has 0 radical (unpaired) electrons. The summed E-state index contributed by atoms with van der Waals surface area (Å²) in [6, 6.07) is 12.4. The SMILES string of the molecule is Cc1c(Cl)ccc(OCC(=O)O)c1C(=O)c1cnn(-c2ccccc2)c1. The number of carboxylic acids is 1. The first-order chi connectivity index (χ1) is 12.5. The molecule has 0 bridgehead atoms. The fourth-order valence-corrected chi connectivity index (χ4v) is 2.67. The molecule has 0 saturated heterocycles. The summed E-state index contributed by atoms with van der Waals surface area (Å²) in [5, 5.41) is 13.4. The summed E-state index contributed by atoms with van der Waals surface area (Å²) >= 11 is 6.14. The van der Waals surface area contributed by atoms with Crippen LogP contribution in [0.2, 0.25) is 5.02 Å².